The Morgan fingerprint density at radius 3 is 2.32 bits per heavy atom. The maximum atomic E-state index is 13.1. The second-order valence-corrected chi connectivity index (χ2v) is 6.49. The summed E-state index contributed by atoms with van der Waals surface area (Å²) in [4.78, 5) is 6.10. The molecule has 28 heavy (non-hydrogen) atoms. The van der Waals surface area contributed by atoms with Crippen molar-refractivity contribution in [2.24, 2.45) is 0 Å². The molecule has 0 fully saturated rings. The van der Waals surface area contributed by atoms with Crippen LogP contribution in [0.25, 0.3) is 11.1 Å². The van der Waals surface area contributed by atoms with E-state index in [0.29, 0.717) is 0 Å². The lowest BCUT2D eigenvalue weighted by atomic mass is 10.1. The monoisotopic (exact) mass is 387 g/mol. The van der Waals surface area contributed by atoms with Crippen molar-refractivity contribution in [3.63, 3.8) is 0 Å². The predicted molar refractivity (Wildman–Crippen MR) is 104 cm³/mol. The number of nitrogens with zero attached hydrogens (tertiary/aromatic N) is 2. The van der Waals surface area contributed by atoms with Crippen molar-refractivity contribution >= 4 is 11.5 Å². The van der Waals surface area contributed by atoms with Crippen molar-refractivity contribution in [2.45, 2.75) is 12.8 Å². The normalized spacial score (nSPS) is 11.3. The number of halogens is 3. The number of benzene rings is 2. The van der Waals surface area contributed by atoms with Gasteiger partial charge in [-0.25, -0.2) is 4.98 Å². The van der Waals surface area contributed by atoms with Crippen LogP contribution in [-0.2, 0) is 12.8 Å². The van der Waals surface area contributed by atoms with Gasteiger partial charge >= 0.3 is 6.18 Å². The van der Waals surface area contributed by atoms with Crippen LogP contribution in [0.3, 0.4) is 0 Å². The molecule has 0 atom stereocenters. The number of ether oxygens (including phenoxy) is 1. The van der Waals surface area contributed by atoms with Gasteiger partial charge in [0.15, 0.2) is 11.6 Å². The fourth-order valence-corrected chi connectivity index (χ4v) is 2.76. The molecule has 0 radical (unpaired) electrons. The number of nitrogens with two attached hydrogens (primary N) is 1. The summed E-state index contributed by atoms with van der Waals surface area (Å²) in [5, 5.41) is 0. The van der Waals surface area contributed by atoms with Gasteiger partial charge in [-0.15, -0.1) is 0 Å². The van der Waals surface area contributed by atoms with Crippen LogP contribution in [0.1, 0.15) is 11.1 Å². The average Bonchev–Trinajstić information content (AvgIpc) is 2.67. The Balaban J connectivity index is 1.83. The SMILES string of the molecule is CN(C)c1ccc(-c2cnc(N)c(OCc3ccccc3C(F)(F)F)c2)cc1. The van der Waals surface area contributed by atoms with Crippen LogP contribution in [0.4, 0.5) is 24.7 Å². The van der Waals surface area contributed by atoms with Crippen LogP contribution in [0.2, 0.25) is 0 Å². The molecule has 3 rings (SSSR count). The molecule has 7 heteroatoms. The summed E-state index contributed by atoms with van der Waals surface area (Å²) in [6, 6.07) is 14.8. The lowest BCUT2D eigenvalue weighted by molar-refractivity contribution is -0.138. The van der Waals surface area contributed by atoms with Crippen molar-refractivity contribution in [1.29, 1.82) is 0 Å². The molecule has 0 amide bonds. The van der Waals surface area contributed by atoms with Crippen LogP contribution in [-0.4, -0.2) is 19.1 Å². The molecule has 0 unspecified atom stereocenters. The largest absolute Gasteiger partial charge is 0.485 e. The van der Waals surface area contributed by atoms with Crippen molar-refractivity contribution < 1.29 is 17.9 Å². The van der Waals surface area contributed by atoms with E-state index in [4.69, 9.17) is 10.5 Å². The first-order valence-electron chi connectivity index (χ1n) is 8.57. The number of pyridine rings is 1. The zero-order chi connectivity index (χ0) is 20.3. The highest BCUT2D eigenvalue weighted by Gasteiger charge is 2.33. The van der Waals surface area contributed by atoms with Gasteiger partial charge in [0.05, 0.1) is 5.56 Å². The molecule has 1 heterocycles. The van der Waals surface area contributed by atoms with Crippen molar-refractivity contribution in [2.75, 3.05) is 24.7 Å². The van der Waals surface area contributed by atoms with Crippen molar-refractivity contribution in [3.8, 4) is 16.9 Å². The fourth-order valence-electron chi connectivity index (χ4n) is 2.76. The Labute approximate surface area is 161 Å². The maximum Gasteiger partial charge on any atom is 0.416 e. The van der Waals surface area contributed by atoms with Crippen LogP contribution in [0.15, 0.2) is 60.8 Å². The Morgan fingerprint density at radius 2 is 1.68 bits per heavy atom. The summed E-state index contributed by atoms with van der Waals surface area (Å²) < 4.78 is 45.0. The van der Waals surface area contributed by atoms with E-state index in [1.165, 1.54) is 18.2 Å². The summed E-state index contributed by atoms with van der Waals surface area (Å²) in [5.41, 5.74) is 7.88. The van der Waals surface area contributed by atoms with Crippen LogP contribution < -0.4 is 15.4 Å². The van der Waals surface area contributed by atoms with Gasteiger partial charge in [0.1, 0.15) is 6.61 Å². The highest BCUT2D eigenvalue weighted by molar-refractivity contribution is 5.69. The standard InChI is InChI=1S/C21H20F3N3O/c1-27(2)17-9-7-14(8-10-17)16-11-19(20(25)26-12-16)28-13-15-5-3-4-6-18(15)21(22,23)24/h3-12H,13H2,1-2H3,(H2,25,26). The molecule has 0 aliphatic heterocycles. The zero-order valence-corrected chi connectivity index (χ0v) is 15.5. The van der Waals surface area contributed by atoms with E-state index in [1.807, 2.05) is 43.3 Å². The first-order valence-corrected chi connectivity index (χ1v) is 8.57. The quantitative estimate of drug-likeness (QED) is 0.670. The summed E-state index contributed by atoms with van der Waals surface area (Å²) in [6.07, 6.45) is -2.84. The zero-order valence-electron chi connectivity index (χ0n) is 15.5. The summed E-state index contributed by atoms with van der Waals surface area (Å²) >= 11 is 0. The number of aromatic nitrogens is 1. The lowest BCUT2D eigenvalue weighted by Gasteiger charge is -2.15. The van der Waals surface area contributed by atoms with E-state index < -0.39 is 11.7 Å². The maximum absolute atomic E-state index is 13.1. The minimum Gasteiger partial charge on any atom is -0.485 e. The lowest BCUT2D eigenvalue weighted by Crippen LogP contribution is -2.11. The van der Waals surface area contributed by atoms with Gasteiger partial charge in [-0.05, 0) is 29.8 Å². The van der Waals surface area contributed by atoms with E-state index in [1.54, 1.807) is 12.3 Å². The second-order valence-electron chi connectivity index (χ2n) is 6.49. The highest BCUT2D eigenvalue weighted by Crippen LogP contribution is 2.33. The molecular weight excluding hydrogens is 367 g/mol. The number of hydrogen-bond donors (Lipinski definition) is 1. The molecule has 2 aromatic carbocycles. The minimum absolute atomic E-state index is 0.0372. The van der Waals surface area contributed by atoms with Crippen LogP contribution >= 0.6 is 0 Å². The summed E-state index contributed by atoms with van der Waals surface area (Å²) in [7, 11) is 3.90. The molecule has 0 saturated heterocycles. The molecular formula is C21H20F3N3O. The van der Waals surface area contributed by atoms with Gasteiger partial charge in [0.25, 0.3) is 0 Å². The Hall–Kier alpha value is -3.22. The second kappa shape index (κ2) is 7.80. The summed E-state index contributed by atoms with van der Waals surface area (Å²) in [6.45, 7) is -0.259. The molecule has 1 aromatic heterocycles. The highest BCUT2D eigenvalue weighted by atomic mass is 19.4. The van der Waals surface area contributed by atoms with Gasteiger partial charge in [-0.3, -0.25) is 0 Å². The van der Waals surface area contributed by atoms with E-state index in [2.05, 4.69) is 4.98 Å². The first-order chi connectivity index (χ1) is 13.3. The Kier molecular flexibility index (Phi) is 5.44. The minimum atomic E-state index is -4.44. The third-order valence-corrected chi connectivity index (χ3v) is 4.30. The molecule has 2 N–H and O–H groups in total. The molecule has 0 aliphatic carbocycles. The number of hydrogen-bond acceptors (Lipinski definition) is 4. The van der Waals surface area contributed by atoms with Gasteiger partial charge in [-0.2, -0.15) is 13.2 Å². The number of alkyl halides is 3. The van der Waals surface area contributed by atoms with Gasteiger partial charge in [0, 0.05) is 37.1 Å². The molecule has 0 bridgehead atoms. The van der Waals surface area contributed by atoms with Crippen molar-refractivity contribution in [3.05, 3.63) is 71.9 Å². The van der Waals surface area contributed by atoms with Crippen LogP contribution in [0, 0.1) is 0 Å². The van der Waals surface area contributed by atoms with Gasteiger partial charge in [-0.1, -0.05) is 30.3 Å². The average molecular weight is 387 g/mol. The topological polar surface area (TPSA) is 51.4 Å². The molecule has 0 saturated carbocycles. The predicted octanol–water partition coefficient (Wildman–Crippen LogP) is 4.99. The van der Waals surface area contributed by atoms with E-state index in [9.17, 15) is 13.2 Å². The molecule has 146 valence electrons. The summed E-state index contributed by atoms with van der Waals surface area (Å²) in [5.74, 6) is 0.365. The van der Waals surface area contributed by atoms with E-state index in [-0.39, 0.29) is 23.7 Å². The molecule has 0 spiro atoms. The first kappa shape index (κ1) is 19.5. The molecule has 3 aromatic rings. The van der Waals surface area contributed by atoms with Gasteiger partial charge < -0.3 is 15.4 Å². The van der Waals surface area contributed by atoms with Crippen LogP contribution in [0.5, 0.6) is 5.75 Å². The molecule has 4 nitrogen and oxygen atoms in total. The number of nitrogen functional groups attached to an aromatic ring is 1. The van der Waals surface area contributed by atoms with E-state index >= 15 is 0 Å². The number of rotatable bonds is 5. The smallest absolute Gasteiger partial charge is 0.416 e. The van der Waals surface area contributed by atoms with E-state index in [0.717, 1.165) is 22.9 Å². The third kappa shape index (κ3) is 4.36. The molecule has 0 aliphatic rings. The third-order valence-electron chi connectivity index (χ3n) is 4.30. The Bertz CT molecular complexity index is 954. The fraction of sp³-hybridized carbons (Fsp3) is 0.190. The Morgan fingerprint density at radius 1 is 1.00 bits per heavy atom. The van der Waals surface area contributed by atoms with Gasteiger partial charge in [0.2, 0.25) is 0 Å². The number of anilines is 2. The van der Waals surface area contributed by atoms with Crippen molar-refractivity contribution in [1.82, 2.24) is 4.98 Å².